The molecule has 1 aromatic rings. The van der Waals surface area contributed by atoms with Gasteiger partial charge in [-0.25, -0.2) is 14.4 Å². The smallest absolute Gasteiger partial charge is 0.224 e. The highest BCUT2D eigenvalue weighted by Crippen LogP contribution is 2.20. The van der Waals surface area contributed by atoms with Crippen molar-refractivity contribution < 1.29 is 9.13 Å². The van der Waals surface area contributed by atoms with Crippen LogP contribution in [0.2, 0.25) is 5.28 Å². The second-order valence-electron chi connectivity index (χ2n) is 3.42. The van der Waals surface area contributed by atoms with Gasteiger partial charge in [-0.05, 0) is 17.7 Å². The Morgan fingerprint density at radius 2 is 2.40 bits per heavy atom. The Labute approximate surface area is 92.0 Å². The van der Waals surface area contributed by atoms with Crippen LogP contribution in [-0.2, 0) is 4.74 Å². The number of hydrogen-bond donors (Lipinski definition) is 0. The molecule has 0 aliphatic carbocycles. The normalized spacial score (nSPS) is 25.5. The molecule has 0 bridgehead atoms. The molecule has 4 nitrogen and oxygen atoms in total. The number of ether oxygens (including phenoxy) is 1. The lowest BCUT2D eigenvalue weighted by Crippen LogP contribution is -2.39. The van der Waals surface area contributed by atoms with Crippen LogP contribution < -0.4 is 4.90 Å². The van der Waals surface area contributed by atoms with Gasteiger partial charge in [0.05, 0.1) is 19.3 Å². The van der Waals surface area contributed by atoms with Crippen LogP contribution in [0.5, 0.6) is 0 Å². The zero-order valence-electron chi connectivity index (χ0n) is 8.23. The standard InChI is InChI=1S/C9H11ClFN3O/c1-14(7-5-15-4-6(7)11)8-2-3-12-9(10)13-8/h2-3,6-7H,4-5H2,1H3/t6-,7-/m1/s1. The maximum Gasteiger partial charge on any atom is 0.224 e. The third-order valence-electron chi connectivity index (χ3n) is 2.45. The molecule has 1 aromatic heterocycles. The van der Waals surface area contributed by atoms with Crippen molar-refractivity contribution in [2.75, 3.05) is 25.2 Å². The Kier molecular flexibility index (Phi) is 3.02. The molecule has 0 aromatic carbocycles. The van der Waals surface area contributed by atoms with Crippen LogP contribution in [0.4, 0.5) is 10.2 Å². The van der Waals surface area contributed by atoms with Gasteiger partial charge in [-0.2, -0.15) is 0 Å². The molecule has 0 N–H and O–H groups in total. The molecular formula is C9H11ClFN3O. The second-order valence-corrected chi connectivity index (χ2v) is 3.75. The highest BCUT2D eigenvalue weighted by molar-refractivity contribution is 6.28. The molecule has 15 heavy (non-hydrogen) atoms. The molecule has 2 atom stereocenters. The summed E-state index contributed by atoms with van der Waals surface area (Å²) in [7, 11) is 1.77. The summed E-state index contributed by atoms with van der Waals surface area (Å²) >= 11 is 5.66. The lowest BCUT2D eigenvalue weighted by molar-refractivity contribution is 0.173. The Bertz CT molecular complexity index is 352. The van der Waals surface area contributed by atoms with Gasteiger partial charge in [-0.1, -0.05) is 0 Å². The molecule has 0 amide bonds. The Morgan fingerprint density at radius 3 is 3.00 bits per heavy atom. The summed E-state index contributed by atoms with van der Waals surface area (Å²) in [6.45, 7) is 0.521. The summed E-state index contributed by atoms with van der Waals surface area (Å²) in [6, 6.07) is 1.40. The molecule has 1 fully saturated rings. The van der Waals surface area contributed by atoms with Gasteiger partial charge in [0.15, 0.2) is 0 Å². The van der Waals surface area contributed by atoms with Crippen molar-refractivity contribution in [3.05, 3.63) is 17.5 Å². The number of halogens is 2. The molecule has 1 saturated heterocycles. The quantitative estimate of drug-likeness (QED) is 0.720. The fraction of sp³-hybridized carbons (Fsp3) is 0.556. The predicted molar refractivity (Wildman–Crippen MR) is 54.9 cm³/mol. The van der Waals surface area contributed by atoms with Gasteiger partial charge in [0.1, 0.15) is 12.0 Å². The number of nitrogens with zero attached hydrogens (tertiary/aromatic N) is 3. The van der Waals surface area contributed by atoms with E-state index in [0.29, 0.717) is 12.4 Å². The van der Waals surface area contributed by atoms with E-state index < -0.39 is 6.17 Å². The molecule has 1 aliphatic rings. The molecule has 0 spiro atoms. The number of hydrogen-bond acceptors (Lipinski definition) is 4. The van der Waals surface area contributed by atoms with Crippen LogP contribution in [0.15, 0.2) is 12.3 Å². The Morgan fingerprint density at radius 1 is 1.60 bits per heavy atom. The highest BCUT2D eigenvalue weighted by Gasteiger charge is 2.32. The molecule has 82 valence electrons. The van der Waals surface area contributed by atoms with Crippen LogP contribution in [0.1, 0.15) is 0 Å². The first-order chi connectivity index (χ1) is 7.18. The van der Waals surface area contributed by atoms with E-state index in [0.717, 1.165) is 0 Å². The largest absolute Gasteiger partial charge is 0.376 e. The lowest BCUT2D eigenvalue weighted by atomic mass is 10.2. The highest BCUT2D eigenvalue weighted by atomic mass is 35.5. The first-order valence-electron chi connectivity index (χ1n) is 4.61. The molecule has 0 saturated carbocycles. The van der Waals surface area contributed by atoms with Crippen molar-refractivity contribution in [2.45, 2.75) is 12.2 Å². The average molecular weight is 232 g/mol. The summed E-state index contributed by atoms with van der Waals surface area (Å²) in [4.78, 5) is 9.51. The van der Waals surface area contributed by atoms with E-state index in [1.54, 1.807) is 24.2 Å². The average Bonchev–Trinajstić information content (AvgIpc) is 2.63. The van der Waals surface area contributed by atoms with Crippen LogP contribution in [0.3, 0.4) is 0 Å². The molecule has 6 heteroatoms. The summed E-state index contributed by atoms with van der Waals surface area (Å²) < 4.78 is 18.4. The van der Waals surface area contributed by atoms with Gasteiger partial charge >= 0.3 is 0 Å². The first kappa shape index (κ1) is 10.6. The molecule has 0 radical (unpaired) electrons. The number of aromatic nitrogens is 2. The van der Waals surface area contributed by atoms with Crippen LogP contribution in [0, 0.1) is 0 Å². The van der Waals surface area contributed by atoms with Crippen molar-refractivity contribution in [1.82, 2.24) is 9.97 Å². The molecular weight excluding hydrogens is 221 g/mol. The van der Waals surface area contributed by atoms with Gasteiger partial charge in [0.2, 0.25) is 5.28 Å². The Balaban J connectivity index is 2.16. The topological polar surface area (TPSA) is 38.2 Å². The SMILES string of the molecule is CN(c1ccnc(Cl)n1)[C@@H]1COC[C@H]1F. The van der Waals surface area contributed by atoms with E-state index in [4.69, 9.17) is 16.3 Å². The van der Waals surface area contributed by atoms with Crippen LogP contribution in [-0.4, -0.2) is 42.4 Å². The summed E-state index contributed by atoms with van der Waals surface area (Å²) in [6.07, 6.45) is 0.563. The van der Waals surface area contributed by atoms with E-state index in [-0.39, 0.29) is 17.9 Å². The van der Waals surface area contributed by atoms with Crippen LogP contribution in [0.25, 0.3) is 0 Å². The number of rotatable bonds is 2. The second kappa shape index (κ2) is 4.28. The summed E-state index contributed by atoms with van der Waals surface area (Å²) in [5.41, 5.74) is 0. The van der Waals surface area contributed by atoms with Gasteiger partial charge < -0.3 is 9.64 Å². The molecule has 2 rings (SSSR count). The number of alkyl halides is 1. The van der Waals surface area contributed by atoms with E-state index in [1.165, 1.54) is 0 Å². The maximum absolute atomic E-state index is 13.4. The Hall–Kier alpha value is -0.940. The molecule has 2 heterocycles. The van der Waals surface area contributed by atoms with E-state index in [9.17, 15) is 4.39 Å². The van der Waals surface area contributed by atoms with Gasteiger partial charge in [0, 0.05) is 13.2 Å². The third-order valence-corrected chi connectivity index (χ3v) is 2.64. The van der Waals surface area contributed by atoms with Crippen molar-refractivity contribution in [2.24, 2.45) is 0 Å². The minimum absolute atomic E-state index is 0.147. The minimum Gasteiger partial charge on any atom is -0.376 e. The molecule has 1 aliphatic heterocycles. The third kappa shape index (κ3) is 2.18. The minimum atomic E-state index is -0.983. The van der Waals surface area contributed by atoms with Gasteiger partial charge in [0.25, 0.3) is 0 Å². The first-order valence-corrected chi connectivity index (χ1v) is 4.99. The van der Waals surface area contributed by atoms with Crippen molar-refractivity contribution in [3.63, 3.8) is 0 Å². The zero-order chi connectivity index (χ0) is 10.8. The van der Waals surface area contributed by atoms with Crippen molar-refractivity contribution in [3.8, 4) is 0 Å². The van der Waals surface area contributed by atoms with Gasteiger partial charge in [-0.3, -0.25) is 0 Å². The lowest BCUT2D eigenvalue weighted by Gasteiger charge is -2.25. The number of likely N-dealkylation sites (N-methyl/N-ethyl adjacent to an activating group) is 1. The van der Waals surface area contributed by atoms with Crippen LogP contribution >= 0.6 is 11.6 Å². The van der Waals surface area contributed by atoms with Crippen molar-refractivity contribution >= 4 is 17.4 Å². The number of anilines is 1. The molecule has 0 unspecified atom stereocenters. The van der Waals surface area contributed by atoms with E-state index in [2.05, 4.69) is 9.97 Å². The zero-order valence-corrected chi connectivity index (χ0v) is 8.99. The summed E-state index contributed by atoms with van der Waals surface area (Å²) in [5, 5.41) is 0.161. The van der Waals surface area contributed by atoms with E-state index >= 15 is 0 Å². The van der Waals surface area contributed by atoms with E-state index in [1.807, 2.05) is 0 Å². The van der Waals surface area contributed by atoms with Gasteiger partial charge in [-0.15, -0.1) is 0 Å². The predicted octanol–water partition coefficient (Wildman–Crippen LogP) is 1.30. The monoisotopic (exact) mass is 231 g/mol. The fourth-order valence-electron chi connectivity index (χ4n) is 1.56. The maximum atomic E-state index is 13.4. The fourth-order valence-corrected chi connectivity index (χ4v) is 1.71. The summed E-state index contributed by atoms with van der Waals surface area (Å²) in [5.74, 6) is 0.605. The van der Waals surface area contributed by atoms with Crippen molar-refractivity contribution in [1.29, 1.82) is 0 Å².